The molecule has 0 spiro atoms. The van der Waals surface area contributed by atoms with Gasteiger partial charge in [-0.3, -0.25) is 0 Å². The van der Waals surface area contributed by atoms with Gasteiger partial charge in [0.1, 0.15) is 5.54 Å². The third-order valence-corrected chi connectivity index (χ3v) is 3.72. The van der Waals surface area contributed by atoms with Crippen molar-refractivity contribution in [3.63, 3.8) is 0 Å². The maximum Gasteiger partial charge on any atom is 0.328 e. The molecular formula is C13H24N2O3. The van der Waals surface area contributed by atoms with Gasteiger partial charge in [-0.05, 0) is 45.4 Å². The van der Waals surface area contributed by atoms with Crippen molar-refractivity contribution in [2.45, 2.75) is 64.5 Å². The molecule has 1 fully saturated rings. The van der Waals surface area contributed by atoms with Crippen molar-refractivity contribution in [1.29, 1.82) is 0 Å². The van der Waals surface area contributed by atoms with E-state index in [1.54, 1.807) is 0 Å². The number of rotatable bonds is 4. The quantitative estimate of drug-likeness (QED) is 0.721. The second-order valence-electron chi connectivity index (χ2n) is 5.65. The monoisotopic (exact) mass is 256 g/mol. The van der Waals surface area contributed by atoms with E-state index in [1.807, 2.05) is 0 Å². The fourth-order valence-corrected chi connectivity index (χ4v) is 2.27. The van der Waals surface area contributed by atoms with Crippen LogP contribution in [0.3, 0.4) is 0 Å². The lowest BCUT2D eigenvalue weighted by Gasteiger charge is -2.30. The average Bonchev–Trinajstić information content (AvgIpc) is 2.29. The molecular weight excluding hydrogens is 232 g/mol. The number of aliphatic carboxylic acids is 1. The Morgan fingerprint density at radius 1 is 1.22 bits per heavy atom. The number of hydrogen-bond acceptors (Lipinski definition) is 2. The molecule has 0 radical (unpaired) electrons. The molecule has 1 rings (SSSR count). The Hall–Kier alpha value is -1.26. The van der Waals surface area contributed by atoms with Crippen LogP contribution in [0.2, 0.25) is 0 Å². The largest absolute Gasteiger partial charge is 0.480 e. The van der Waals surface area contributed by atoms with Crippen LogP contribution in [-0.2, 0) is 4.79 Å². The summed E-state index contributed by atoms with van der Waals surface area (Å²) in [5.74, 6) is -0.256. The molecule has 0 aromatic carbocycles. The van der Waals surface area contributed by atoms with Crippen LogP contribution in [0, 0.1) is 5.92 Å². The van der Waals surface area contributed by atoms with Crippen LogP contribution in [0.5, 0.6) is 0 Å². The van der Waals surface area contributed by atoms with Gasteiger partial charge in [0.15, 0.2) is 0 Å². The molecule has 104 valence electrons. The second kappa shape index (κ2) is 6.07. The summed E-state index contributed by atoms with van der Waals surface area (Å²) in [5.41, 5.74) is -1.23. The summed E-state index contributed by atoms with van der Waals surface area (Å²) in [6.07, 6.45) is 5.46. The van der Waals surface area contributed by atoms with Crippen LogP contribution < -0.4 is 10.6 Å². The van der Waals surface area contributed by atoms with E-state index in [2.05, 4.69) is 17.6 Å². The molecule has 5 heteroatoms. The van der Waals surface area contributed by atoms with Gasteiger partial charge < -0.3 is 15.7 Å². The van der Waals surface area contributed by atoms with E-state index in [1.165, 1.54) is 20.3 Å². The molecule has 0 atom stereocenters. The number of nitrogens with one attached hydrogen (secondary N) is 2. The molecule has 0 saturated heterocycles. The van der Waals surface area contributed by atoms with E-state index in [4.69, 9.17) is 5.11 Å². The number of carboxylic acids is 1. The standard InChI is InChI=1S/C13H24N2O3/c1-4-9-5-7-10(8-6-9)14-12(18)15-13(2,3)11(16)17/h9-10H,4-8H2,1-3H3,(H,16,17)(H2,14,15,18). The summed E-state index contributed by atoms with van der Waals surface area (Å²) in [5, 5.41) is 14.3. The van der Waals surface area contributed by atoms with E-state index in [9.17, 15) is 9.59 Å². The number of hydrogen-bond donors (Lipinski definition) is 3. The van der Waals surface area contributed by atoms with Gasteiger partial charge in [0.05, 0.1) is 0 Å². The molecule has 0 bridgehead atoms. The topological polar surface area (TPSA) is 78.4 Å². The van der Waals surface area contributed by atoms with E-state index in [-0.39, 0.29) is 12.1 Å². The zero-order chi connectivity index (χ0) is 13.8. The first-order chi connectivity index (χ1) is 8.35. The summed E-state index contributed by atoms with van der Waals surface area (Å²) in [6.45, 7) is 5.15. The Balaban J connectivity index is 2.35. The first-order valence-electron chi connectivity index (χ1n) is 6.67. The molecule has 0 aromatic rings. The summed E-state index contributed by atoms with van der Waals surface area (Å²) in [4.78, 5) is 22.6. The van der Waals surface area contributed by atoms with Crippen LogP contribution in [-0.4, -0.2) is 28.7 Å². The molecule has 0 unspecified atom stereocenters. The normalized spacial score (nSPS) is 24.4. The van der Waals surface area contributed by atoms with Gasteiger partial charge in [-0.25, -0.2) is 9.59 Å². The minimum absolute atomic E-state index is 0.178. The number of carbonyl (C=O) groups excluding carboxylic acids is 1. The lowest BCUT2D eigenvalue weighted by Crippen LogP contribution is -2.55. The predicted octanol–water partition coefficient (Wildman–Crippen LogP) is 2.12. The Kier molecular flexibility index (Phi) is 4.99. The molecule has 3 N–H and O–H groups in total. The Labute approximate surface area is 108 Å². The predicted molar refractivity (Wildman–Crippen MR) is 69.4 cm³/mol. The molecule has 1 aliphatic carbocycles. The van der Waals surface area contributed by atoms with E-state index in [0.29, 0.717) is 0 Å². The highest BCUT2D eigenvalue weighted by Gasteiger charge is 2.30. The molecule has 18 heavy (non-hydrogen) atoms. The van der Waals surface area contributed by atoms with E-state index >= 15 is 0 Å². The highest BCUT2D eigenvalue weighted by molar-refractivity contribution is 5.85. The zero-order valence-electron chi connectivity index (χ0n) is 11.5. The summed E-state index contributed by atoms with van der Waals surface area (Å²) in [7, 11) is 0. The van der Waals surface area contributed by atoms with Crippen molar-refractivity contribution in [3.8, 4) is 0 Å². The molecule has 2 amide bonds. The number of urea groups is 1. The molecule has 5 nitrogen and oxygen atoms in total. The van der Waals surface area contributed by atoms with Gasteiger partial charge >= 0.3 is 12.0 Å². The van der Waals surface area contributed by atoms with Crippen molar-refractivity contribution in [1.82, 2.24) is 10.6 Å². The van der Waals surface area contributed by atoms with Gasteiger partial charge in [-0.2, -0.15) is 0 Å². The highest BCUT2D eigenvalue weighted by atomic mass is 16.4. The van der Waals surface area contributed by atoms with Crippen molar-refractivity contribution in [2.75, 3.05) is 0 Å². The third kappa shape index (κ3) is 4.20. The van der Waals surface area contributed by atoms with Crippen LogP contribution in [0.25, 0.3) is 0 Å². The molecule has 0 aromatic heterocycles. The van der Waals surface area contributed by atoms with Crippen molar-refractivity contribution in [3.05, 3.63) is 0 Å². The lowest BCUT2D eigenvalue weighted by molar-refractivity contribution is -0.142. The Bertz CT molecular complexity index is 307. The lowest BCUT2D eigenvalue weighted by atomic mass is 9.84. The summed E-state index contributed by atoms with van der Waals surface area (Å²) in [6, 6.07) is -0.209. The van der Waals surface area contributed by atoms with Crippen molar-refractivity contribution >= 4 is 12.0 Å². The maximum atomic E-state index is 11.7. The number of carbonyl (C=O) groups is 2. The fourth-order valence-electron chi connectivity index (χ4n) is 2.27. The maximum absolute atomic E-state index is 11.7. The van der Waals surface area contributed by atoms with Gasteiger partial charge in [0.2, 0.25) is 0 Å². The minimum atomic E-state index is -1.23. The van der Waals surface area contributed by atoms with Crippen molar-refractivity contribution in [2.24, 2.45) is 5.92 Å². The molecule has 0 aliphatic heterocycles. The van der Waals surface area contributed by atoms with Crippen molar-refractivity contribution < 1.29 is 14.7 Å². The number of amides is 2. The van der Waals surface area contributed by atoms with Gasteiger partial charge in [-0.1, -0.05) is 13.3 Å². The first kappa shape index (κ1) is 14.8. The summed E-state index contributed by atoms with van der Waals surface area (Å²) < 4.78 is 0. The van der Waals surface area contributed by atoms with Crippen LogP contribution in [0.4, 0.5) is 4.79 Å². The SMILES string of the molecule is CCC1CCC(NC(=O)NC(C)(C)C(=O)O)CC1. The minimum Gasteiger partial charge on any atom is -0.480 e. The molecule has 1 saturated carbocycles. The Morgan fingerprint density at radius 2 is 1.78 bits per heavy atom. The summed E-state index contributed by atoms with van der Waals surface area (Å²) >= 11 is 0. The average molecular weight is 256 g/mol. The van der Waals surface area contributed by atoms with Crippen LogP contribution in [0.15, 0.2) is 0 Å². The smallest absolute Gasteiger partial charge is 0.328 e. The molecule has 1 aliphatic rings. The van der Waals surface area contributed by atoms with E-state index < -0.39 is 11.5 Å². The van der Waals surface area contributed by atoms with Crippen LogP contribution in [0.1, 0.15) is 52.9 Å². The number of carboxylic acid groups (broad SMARTS) is 1. The van der Waals surface area contributed by atoms with Gasteiger partial charge in [0.25, 0.3) is 0 Å². The zero-order valence-corrected chi connectivity index (χ0v) is 11.5. The fraction of sp³-hybridized carbons (Fsp3) is 0.846. The van der Waals surface area contributed by atoms with Crippen LogP contribution >= 0.6 is 0 Å². The Morgan fingerprint density at radius 3 is 2.22 bits per heavy atom. The van der Waals surface area contributed by atoms with E-state index in [0.717, 1.165) is 31.6 Å². The van der Waals surface area contributed by atoms with Gasteiger partial charge in [-0.15, -0.1) is 0 Å². The van der Waals surface area contributed by atoms with Gasteiger partial charge in [0, 0.05) is 6.04 Å². The second-order valence-corrected chi connectivity index (χ2v) is 5.65. The molecule has 0 heterocycles. The third-order valence-electron chi connectivity index (χ3n) is 3.72. The first-order valence-corrected chi connectivity index (χ1v) is 6.67. The highest BCUT2D eigenvalue weighted by Crippen LogP contribution is 2.26.